The quantitative estimate of drug-likeness (QED) is 0.364. The number of phenols is 3. The van der Waals surface area contributed by atoms with Crippen LogP contribution in [-0.4, -0.2) is 29.5 Å². The van der Waals surface area contributed by atoms with Crippen LogP contribution in [0.1, 0.15) is 15.9 Å². The molecule has 3 aromatic rings. The summed E-state index contributed by atoms with van der Waals surface area (Å²) in [6, 6.07) is 15.0. The molecule has 7 nitrogen and oxygen atoms in total. The van der Waals surface area contributed by atoms with E-state index in [1.165, 1.54) is 72.8 Å². The van der Waals surface area contributed by atoms with Crippen molar-refractivity contribution in [2.24, 2.45) is 0 Å². The van der Waals surface area contributed by atoms with Crippen molar-refractivity contribution in [1.29, 1.82) is 0 Å². The van der Waals surface area contributed by atoms with E-state index in [1.54, 1.807) is 0 Å². The first-order chi connectivity index (χ1) is 13.7. The molecule has 0 spiro atoms. The molecule has 0 unspecified atom stereocenters. The zero-order valence-electron chi connectivity index (χ0n) is 15.0. The summed E-state index contributed by atoms with van der Waals surface area (Å²) in [4.78, 5) is 12.4. The minimum Gasteiger partial charge on any atom is -0.508 e. The number of hydrogen-bond acceptors (Lipinski definition) is 6. The van der Waals surface area contributed by atoms with Gasteiger partial charge in [0.15, 0.2) is 5.78 Å². The fourth-order valence-electron chi connectivity index (χ4n) is 2.51. The zero-order chi connectivity index (χ0) is 21.0. The molecular weight excluding hydrogens is 394 g/mol. The van der Waals surface area contributed by atoms with Crippen LogP contribution in [0.5, 0.6) is 17.2 Å². The topological polar surface area (TPSA) is 124 Å². The van der Waals surface area contributed by atoms with Crippen molar-refractivity contribution in [2.45, 2.75) is 4.90 Å². The Morgan fingerprint density at radius 1 is 0.862 bits per heavy atom. The smallest absolute Gasteiger partial charge is 0.261 e. The van der Waals surface area contributed by atoms with Crippen LogP contribution < -0.4 is 4.72 Å². The fourth-order valence-corrected chi connectivity index (χ4v) is 3.56. The van der Waals surface area contributed by atoms with Gasteiger partial charge in [-0.3, -0.25) is 9.52 Å². The van der Waals surface area contributed by atoms with E-state index in [2.05, 4.69) is 4.72 Å². The van der Waals surface area contributed by atoms with Crippen LogP contribution in [0.4, 0.5) is 5.69 Å². The summed E-state index contributed by atoms with van der Waals surface area (Å²) >= 11 is 0. The molecule has 0 bridgehead atoms. The van der Waals surface area contributed by atoms with Gasteiger partial charge in [0, 0.05) is 22.9 Å². The minimum atomic E-state index is -3.88. The second kappa shape index (κ2) is 8.07. The van der Waals surface area contributed by atoms with Gasteiger partial charge in [0.25, 0.3) is 10.0 Å². The van der Waals surface area contributed by atoms with Gasteiger partial charge in [-0.15, -0.1) is 0 Å². The minimum absolute atomic E-state index is 0.0327. The van der Waals surface area contributed by atoms with Gasteiger partial charge in [-0.05, 0) is 60.7 Å². The van der Waals surface area contributed by atoms with E-state index in [0.717, 1.165) is 6.07 Å². The van der Waals surface area contributed by atoms with Gasteiger partial charge in [-0.25, -0.2) is 8.42 Å². The van der Waals surface area contributed by atoms with Crippen molar-refractivity contribution in [2.75, 3.05) is 4.72 Å². The second-order valence-corrected chi connectivity index (χ2v) is 7.80. The number of sulfonamides is 1. The summed E-state index contributed by atoms with van der Waals surface area (Å²) in [5.74, 6) is -0.727. The molecule has 0 saturated heterocycles. The molecular formula is C21H17NO6S. The lowest BCUT2D eigenvalue weighted by atomic mass is 10.1. The number of carbonyl (C=O) groups is 1. The van der Waals surface area contributed by atoms with Crippen LogP contribution in [0.3, 0.4) is 0 Å². The number of carbonyl (C=O) groups excluding carboxylic acids is 1. The highest BCUT2D eigenvalue weighted by Crippen LogP contribution is 2.24. The molecule has 4 N–H and O–H groups in total. The largest absolute Gasteiger partial charge is 0.508 e. The van der Waals surface area contributed by atoms with E-state index >= 15 is 0 Å². The van der Waals surface area contributed by atoms with Crippen molar-refractivity contribution in [3.05, 3.63) is 83.9 Å². The molecule has 0 atom stereocenters. The molecule has 0 aliphatic rings. The Kier molecular flexibility index (Phi) is 5.56. The molecule has 0 aliphatic heterocycles. The highest BCUT2D eigenvalue weighted by Gasteiger charge is 2.15. The van der Waals surface area contributed by atoms with Crippen LogP contribution in [-0.2, 0) is 10.0 Å². The van der Waals surface area contributed by atoms with Gasteiger partial charge in [0.1, 0.15) is 17.2 Å². The standard InChI is InChI=1S/C21H17NO6S/c23-17-7-9-19(10-8-17)29(27,28)22-16-3-1-2-15(12-16)20(25)11-5-14-4-6-18(24)13-21(14)26/h1-13,22-24,26H. The monoisotopic (exact) mass is 411 g/mol. The van der Waals surface area contributed by atoms with Crippen LogP contribution >= 0.6 is 0 Å². The molecule has 0 aliphatic carbocycles. The number of nitrogens with one attached hydrogen (secondary N) is 1. The van der Waals surface area contributed by atoms with Gasteiger partial charge in [-0.1, -0.05) is 12.1 Å². The summed E-state index contributed by atoms with van der Waals surface area (Å²) in [6.45, 7) is 0. The first-order valence-electron chi connectivity index (χ1n) is 8.41. The number of phenolic OH excluding ortho intramolecular Hbond substituents is 3. The third-order valence-electron chi connectivity index (χ3n) is 3.97. The molecule has 0 amide bonds. The summed E-state index contributed by atoms with van der Waals surface area (Å²) < 4.78 is 27.2. The first kappa shape index (κ1) is 20.0. The highest BCUT2D eigenvalue weighted by atomic mass is 32.2. The Labute approximate surface area is 167 Å². The number of ketones is 1. The number of aromatic hydroxyl groups is 3. The Morgan fingerprint density at radius 3 is 2.24 bits per heavy atom. The summed E-state index contributed by atoms with van der Waals surface area (Å²) in [7, 11) is -3.88. The van der Waals surface area contributed by atoms with Crippen molar-refractivity contribution < 1.29 is 28.5 Å². The van der Waals surface area contributed by atoms with E-state index in [9.17, 15) is 28.5 Å². The van der Waals surface area contributed by atoms with Crippen molar-refractivity contribution in [1.82, 2.24) is 0 Å². The normalized spacial score (nSPS) is 11.4. The average Bonchev–Trinajstić information content (AvgIpc) is 2.67. The van der Waals surface area contributed by atoms with Crippen molar-refractivity contribution in [3.8, 4) is 17.2 Å². The molecule has 3 aromatic carbocycles. The van der Waals surface area contributed by atoms with Gasteiger partial charge >= 0.3 is 0 Å². The van der Waals surface area contributed by atoms with Gasteiger partial charge in [0.05, 0.1) is 4.90 Å². The van der Waals surface area contributed by atoms with Crippen molar-refractivity contribution >= 4 is 27.6 Å². The van der Waals surface area contributed by atoms with E-state index in [0.29, 0.717) is 5.56 Å². The lowest BCUT2D eigenvalue weighted by Crippen LogP contribution is -2.13. The third-order valence-corrected chi connectivity index (χ3v) is 5.37. The Balaban J connectivity index is 1.79. The Morgan fingerprint density at radius 2 is 1.55 bits per heavy atom. The summed E-state index contributed by atoms with van der Waals surface area (Å²) in [5, 5.41) is 28.3. The molecule has 3 rings (SSSR count). The van der Waals surface area contributed by atoms with Gasteiger partial charge < -0.3 is 15.3 Å². The second-order valence-electron chi connectivity index (χ2n) is 6.12. The zero-order valence-corrected chi connectivity index (χ0v) is 15.8. The molecule has 0 radical (unpaired) electrons. The van der Waals surface area contributed by atoms with E-state index in [4.69, 9.17) is 0 Å². The predicted molar refractivity (Wildman–Crippen MR) is 108 cm³/mol. The van der Waals surface area contributed by atoms with Gasteiger partial charge in [-0.2, -0.15) is 0 Å². The maximum atomic E-state index is 12.4. The summed E-state index contributed by atoms with van der Waals surface area (Å²) in [6.07, 6.45) is 2.63. The van der Waals surface area contributed by atoms with Crippen LogP contribution in [0.15, 0.2) is 77.7 Å². The van der Waals surface area contributed by atoms with Crippen molar-refractivity contribution in [3.63, 3.8) is 0 Å². The predicted octanol–water partition coefficient (Wildman–Crippen LogP) is 3.50. The van der Waals surface area contributed by atoms with Crippen LogP contribution in [0.2, 0.25) is 0 Å². The maximum Gasteiger partial charge on any atom is 0.261 e. The Hall–Kier alpha value is -3.78. The number of hydrogen-bond donors (Lipinski definition) is 4. The number of allylic oxidation sites excluding steroid dienone is 1. The lowest BCUT2D eigenvalue weighted by molar-refractivity contribution is 0.104. The van der Waals surface area contributed by atoms with E-state index < -0.39 is 15.8 Å². The molecule has 0 saturated carbocycles. The molecule has 0 fully saturated rings. The van der Waals surface area contributed by atoms with Gasteiger partial charge in [0.2, 0.25) is 0 Å². The lowest BCUT2D eigenvalue weighted by Gasteiger charge is -2.09. The molecule has 29 heavy (non-hydrogen) atoms. The number of benzene rings is 3. The number of anilines is 1. The van der Waals surface area contributed by atoms with E-state index in [1.807, 2.05) is 0 Å². The molecule has 0 aromatic heterocycles. The SMILES string of the molecule is O=C(C=Cc1ccc(O)cc1O)c1cccc(NS(=O)(=O)c2ccc(O)cc2)c1. The van der Waals surface area contributed by atoms with Crippen LogP contribution in [0, 0.1) is 0 Å². The molecule has 8 heteroatoms. The maximum absolute atomic E-state index is 12.4. The fraction of sp³-hybridized carbons (Fsp3) is 0. The first-order valence-corrected chi connectivity index (χ1v) is 9.89. The molecule has 0 heterocycles. The van der Waals surface area contributed by atoms with E-state index in [-0.39, 0.29) is 33.4 Å². The third kappa shape index (κ3) is 4.94. The number of rotatable bonds is 6. The Bertz CT molecular complexity index is 1180. The average molecular weight is 411 g/mol. The summed E-state index contributed by atoms with van der Waals surface area (Å²) in [5.41, 5.74) is 0.788. The molecule has 148 valence electrons. The van der Waals surface area contributed by atoms with Crippen LogP contribution in [0.25, 0.3) is 6.08 Å². The highest BCUT2D eigenvalue weighted by molar-refractivity contribution is 7.92.